The predicted octanol–water partition coefficient (Wildman–Crippen LogP) is 2.65. The fraction of sp³-hybridized carbons (Fsp3) is 0.632. The largest absolute Gasteiger partial charge is 0.494 e. The zero-order valence-electron chi connectivity index (χ0n) is 15.5. The van der Waals surface area contributed by atoms with Gasteiger partial charge in [0.1, 0.15) is 5.75 Å². The third kappa shape index (κ3) is 7.67. The van der Waals surface area contributed by atoms with E-state index < -0.39 is 0 Å². The van der Waals surface area contributed by atoms with Gasteiger partial charge in [0.25, 0.3) is 0 Å². The van der Waals surface area contributed by atoms with E-state index in [1.807, 2.05) is 31.2 Å². The maximum Gasteiger partial charge on any atom is 0.230 e. The minimum atomic E-state index is 0.0449. The molecule has 0 aliphatic carbocycles. The smallest absolute Gasteiger partial charge is 0.230 e. The van der Waals surface area contributed by atoms with Crippen LogP contribution in [0.2, 0.25) is 0 Å². The Morgan fingerprint density at radius 2 is 2.16 bits per heavy atom. The highest BCUT2D eigenvalue weighted by atomic mass is 32.2. The number of benzene rings is 1. The van der Waals surface area contributed by atoms with Crippen LogP contribution in [0.5, 0.6) is 5.75 Å². The van der Waals surface area contributed by atoms with Gasteiger partial charge < -0.3 is 14.8 Å². The molecule has 0 saturated carbocycles. The van der Waals surface area contributed by atoms with Gasteiger partial charge in [0.2, 0.25) is 5.91 Å². The number of hydrogen-bond donors (Lipinski definition) is 1. The summed E-state index contributed by atoms with van der Waals surface area (Å²) in [6.45, 7) is 11.4. The average Bonchev–Trinajstić information content (AvgIpc) is 2.59. The Bertz CT molecular complexity index is 522. The molecule has 0 spiro atoms. The summed E-state index contributed by atoms with van der Waals surface area (Å²) in [5.41, 5.74) is 0. The number of rotatable bonds is 9. The van der Waals surface area contributed by atoms with Gasteiger partial charge in [0, 0.05) is 31.1 Å². The fourth-order valence-electron chi connectivity index (χ4n) is 2.81. The van der Waals surface area contributed by atoms with Gasteiger partial charge >= 0.3 is 0 Å². The van der Waals surface area contributed by atoms with E-state index >= 15 is 0 Å². The molecule has 1 aliphatic rings. The van der Waals surface area contributed by atoms with E-state index in [9.17, 15) is 4.79 Å². The van der Waals surface area contributed by atoms with Crippen molar-refractivity contribution in [3.8, 4) is 5.75 Å². The van der Waals surface area contributed by atoms with Crippen LogP contribution in [0.1, 0.15) is 20.8 Å². The molecule has 1 aliphatic heterocycles. The normalized spacial score (nSPS) is 18.3. The van der Waals surface area contributed by atoms with E-state index in [2.05, 4.69) is 24.1 Å². The molecule has 2 rings (SSSR count). The SMILES string of the molecule is CCOc1ccc(SCC(=O)NCC2CN(CC(C)C)CCO2)cc1. The highest BCUT2D eigenvalue weighted by molar-refractivity contribution is 8.00. The quantitative estimate of drug-likeness (QED) is 0.681. The van der Waals surface area contributed by atoms with Crippen molar-refractivity contribution in [2.75, 3.05) is 45.1 Å². The number of morpholine rings is 1. The van der Waals surface area contributed by atoms with Gasteiger partial charge in [0.05, 0.1) is 25.1 Å². The lowest BCUT2D eigenvalue weighted by Gasteiger charge is -2.33. The molecule has 0 radical (unpaired) electrons. The van der Waals surface area contributed by atoms with Crippen molar-refractivity contribution in [3.63, 3.8) is 0 Å². The van der Waals surface area contributed by atoms with Crippen LogP contribution in [0.4, 0.5) is 0 Å². The fourth-order valence-corrected chi connectivity index (χ4v) is 3.54. The number of carbonyl (C=O) groups excluding carboxylic acids is 1. The first-order valence-electron chi connectivity index (χ1n) is 9.03. The molecule has 1 aromatic carbocycles. The summed E-state index contributed by atoms with van der Waals surface area (Å²) < 4.78 is 11.2. The van der Waals surface area contributed by atoms with Gasteiger partial charge in [-0.3, -0.25) is 9.69 Å². The molecule has 1 atom stereocenters. The Kier molecular flexibility index (Phi) is 8.58. The van der Waals surface area contributed by atoms with Crippen LogP contribution in [0.25, 0.3) is 0 Å². The van der Waals surface area contributed by atoms with Crippen LogP contribution >= 0.6 is 11.8 Å². The standard InChI is InChI=1S/C19H30N2O3S/c1-4-23-16-5-7-18(8-6-16)25-14-19(22)20-11-17-13-21(9-10-24-17)12-15(2)3/h5-8,15,17H,4,9-14H2,1-3H3,(H,20,22). The monoisotopic (exact) mass is 366 g/mol. The zero-order valence-corrected chi connectivity index (χ0v) is 16.3. The number of nitrogens with one attached hydrogen (secondary N) is 1. The van der Waals surface area contributed by atoms with Crippen molar-refractivity contribution < 1.29 is 14.3 Å². The summed E-state index contributed by atoms with van der Waals surface area (Å²) in [7, 11) is 0. The first-order valence-corrected chi connectivity index (χ1v) is 10.0. The molecule has 6 heteroatoms. The van der Waals surface area contributed by atoms with E-state index in [1.54, 1.807) is 0 Å². The van der Waals surface area contributed by atoms with Gasteiger partial charge in [-0.1, -0.05) is 13.8 Å². The lowest BCUT2D eigenvalue weighted by molar-refractivity contribution is -0.119. The van der Waals surface area contributed by atoms with Gasteiger partial charge in [-0.2, -0.15) is 0 Å². The molecule has 1 heterocycles. The highest BCUT2D eigenvalue weighted by Gasteiger charge is 2.21. The Morgan fingerprint density at radius 1 is 1.40 bits per heavy atom. The second-order valence-electron chi connectivity index (χ2n) is 6.64. The summed E-state index contributed by atoms with van der Waals surface area (Å²) >= 11 is 1.53. The van der Waals surface area contributed by atoms with Crippen LogP contribution in [0.3, 0.4) is 0 Å². The Hall–Kier alpha value is -1.24. The minimum absolute atomic E-state index is 0.0449. The number of carbonyl (C=O) groups is 1. The van der Waals surface area contributed by atoms with Gasteiger partial charge in [-0.25, -0.2) is 0 Å². The molecule has 1 N–H and O–H groups in total. The molecule has 1 unspecified atom stereocenters. The Morgan fingerprint density at radius 3 is 2.84 bits per heavy atom. The van der Waals surface area contributed by atoms with Crippen molar-refractivity contribution in [2.24, 2.45) is 5.92 Å². The maximum atomic E-state index is 12.1. The number of nitrogens with zero attached hydrogens (tertiary/aromatic N) is 1. The van der Waals surface area contributed by atoms with E-state index in [0.717, 1.165) is 36.9 Å². The van der Waals surface area contributed by atoms with Crippen molar-refractivity contribution in [1.29, 1.82) is 0 Å². The first kappa shape index (κ1) is 20.1. The maximum absolute atomic E-state index is 12.1. The Balaban J connectivity index is 1.66. The second kappa shape index (κ2) is 10.7. The average molecular weight is 367 g/mol. The molecule has 1 aromatic rings. The second-order valence-corrected chi connectivity index (χ2v) is 7.69. The predicted molar refractivity (Wildman–Crippen MR) is 102 cm³/mol. The first-order chi connectivity index (χ1) is 12.1. The van der Waals surface area contributed by atoms with Gasteiger partial charge in [-0.15, -0.1) is 11.8 Å². The summed E-state index contributed by atoms with van der Waals surface area (Å²) in [4.78, 5) is 15.5. The molecular weight excluding hydrogens is 336 g/mol. The topological polar surface area (TPSA) is 50.8 Å². The van der Waals surface area contributed by atoms with Crippen LogP contribution in [-0.4, -0.2) is 62.1 Å². The number of ether oxygens (including phenoxy) is 2. The number of amides is 1. The summed E-state index contributed by atoms with van der Waals surface area (Å²) in [6, 6.07) is 7.83. The summed E-state index contributed by atoms with van der Waals surface area (Å²) in [5, 5.41) is 2.99. The van der Waals surface area contributed by atoms with Crippen molar-refractivity contribution >= 4 is 17.7 Å². The van der Waals surface area contributed by atoms with Gasteiger partial charge in [0.15, 0.2) is 0 Å². The minimum Gasteiger partial charge on any atom is -0.494 e. The van der Waals surface area contributed by atoms with E-state index in [0.29, 0.717) is 24.8 Å². The zero-order chi connectivity index (χ0) is 18.1. The number of hydrogen-bond acceptors (Lipinski definition) is 5. The summed E-state index contributed by atoms with van der Waals surface area (Å²) in [5.74, 6) is 1.97. The van der Waals surface area contributed by atoms with Crippen molar-refractivity contribution in [2.45, 2.75) is 31.8 Å². The molecule has 25 heavy (non-hydrogen) atoms. The third-order valence-corrected chi connectivity index (χ3v) is 4.89. The molecule has 140 valence electrons. The molecule has 1 fully saturated rings. The van der Waals surface area contributed by atoms with Crippen molar-refractivity contribution in [1.82, 2.24) is 10.2 Å². The van der Waals surface area contributed by atoms with Crippen LogP contribution in [0.15, 0.2) is 29.2 Å². The van der Waals surface area contributed by atoms with E-state index in [-0.39, 0.29) is 12.0 Å². The van der Waals surface area contributed by atoms with Crippen LogP contribution in [-0.2, 0) is 9.53 Å². The van der Waals surface area contributed by atoms with E-state index in [4.69, 9.17) is 9.47 Å². The lowest BCUT2D eigenvalue weighted by atomic mass is 10.2. The van der Waals surface area contributed by atoms with E-state index in [1.165, 1.54) is 11.8 Å². The molecule has 1 saturated heterocycles. The summed E-state index contributed by atoms with van der Waals surface area (Å²) in [6.07, 6.45) is 0.0897. The molecule has 1 amide bonds. The number of thioether (sulfide) groups is 1. The Labute approximate surface area is 155 Å². The molecule has 5 nitrogen and oxygen atoms in total. The lowest BCUT2D eigenvalue weighted by Crippen LogP contribution is -2.48. The molecule has 0 bridgehead atoms. The highest BCUT2D eigenvalue weighted by Crippen LogP contribution is 2.21. The molecule has 0 aromatic heterocycles. The van der Waals surface area contributed by atoms with Crippen molar-refractivity contribution in [3.05, 3.63) is 24.3 Å². The third-order valence-electron chi connectivity index (χ3n) is 3.88. The van der Waals surface area contributed by atoms with Gasteiger partial charge in [-0.05, 0) is 37.1 Å². The van der Waals surface area contributed by atoms with Crippen LogP contribution in [0, 0.1) is 5.92 Å². The molecular formula is C19H30N2O3S. The van der Waals surface area contributed by atoms with Crippen LogP contribution < -0.4 is 10.1 Å².